The Morgan fingerprint density at radius 1 is 1.29 bits per heavy atom. The third-order valence-corrected chi connectivity index (χ3v) is 6.31. The number of hydrogen-bond donors (Lipinski definition) is 1. The van der Waals surface area contributed by atoms with E-state index in [2.05, 4.69) is 4.98 Å². The average molecular weight is 326 g/mol. The number of carbonyl (C=O) groups is 1. The largest absolute Gasteiger partial charge is 0.477 e. The summed E-state index contributed by atoms with van der Waals surface area (Å²) >= 11 is 0.761. The van der Waals surface area contributed by atoms with E-state index in [-0.39, 0.29) is 15.6 Å². The minimum Gasteiger partial charge on any atom is -0.477 e. The zero-order valence-corrected chi connectivity index (χ0v) is 12.9. The monoisotopic (exact) mass is 326 g/mol. The lowest BCUT2D eigenvalue weighted by atomic mass is 10.3. The molecule has 21 heavy (non-hydrogen) atoms. The molecule has 0 atom stereocenters. The molecular weight excluding hydrogens is 312 g/mol. The Labute approximate surface area is 126 Å². The number of carboxylic acids is 1. The van der Waals surface area contributed by atoms with Crippen molar-refractivity contribution in [3.63, 3.8) is 0 Å². The Kier molecular flexibility index (Phi) is 4.71. The van der Waals surface area contributed by atoms with Crippen molar-refractivity contribution in [2.24, 2.45) is 0 Å². The highest BCUT2D eigenvalue weighted by atomic mass is 32.2. The molecule has 112 valence electrons. The fourth-order valence-electron chi connectivity index (χ4n) is 1.76. The van der Waals surface area contributed by atoms with Gasteiger partial charge in [0.2, 0.25) is 0 Å². The predicted molar refractivity (Wildman–Crippen MR) is 78.8 cm³/mol. The average Bonchev–Trinajstić information content (AvgIpc) is 2.96. The van der Waals surface area contributed by atoms with Crippen molar-refractivity contribution in [3.05, 3.63) is 47.1 Å². The molecule has 0 bridgehead atoms. The minimum atomic E-state index is -3.69. The van der Waals surface area contributed by atoms with Crippen molar-refractivity contribution in [3.8, 4) is 0 Å². The Bertz CT molecular complexity index is 726. The summed E-state index contributed by atoms with van der Waals surface area (Å²) in [4.78, 5) is 14.8. The van der Waals surface area contributed by atoms with Gasteiger partial charge in [0.05, 0.1) is 0 Å². The second kappa shape index (κ2) is 6.33. The van der Waals surface area contributed by atoms with Crippen molar-refractivity contribution in [1.29, 1.82) is 0 Å². The first kappa shape index (κ1) is 15.6. The lowest BCUT2D eigenvalue weighted by Crippen LogP contribution is -2.29. The summed E-state index contributed by atoms with van der Waals surface area (Å²) in [6.07, 6.45) is 3.20. The van der Waals surface area contributed by atoms with Crippen LogP contribution in [0.1, 0.15) is 22.2 Å². The first-order valence-electron chi connectivity index (χ1n) is 6.17. The molecule has 0 spiro atoms. The second-order valence-corrected chi connectivity index (χ2v) is 7.46. The van der Waals surface area contributed by atoms with E-state index in [1.807, 2.05) is 0 Å². The van der Waals surface area contributed by atoms with Gasteiger partial charge in [-0.05, 0) is 29.8 Å². The highest BCUT2D eigenvalue weighted by Gasteiger charge is 2.26. The van der Waals surface area contributed by atoms with Gasteiger partial charge in [-0.2, -0.15) is 4.31 Å². The molecule has 0 amide bonds. The SMILES string of the molecule is CCN(Cc1ccncc1)S(=O)(=O)c1ccc(C(=O)O)s1. The molecule has 2 aromatic heterocycles. The highest BCUT2D eigenvalue weighted by Crippen LogP contribution is 2.25. The fraction of sp³-hybridized carbons (Fsp3) is 0.231. The van der Waals surface area contributed by atoms with Gasteiger partial charge in [-0.15, -0.1) is 11.3 Å². The van der Waals surface area contributed by atoms with Crippen LogP contribution >= 0.6 is 11.3 Å². The van der Waals surface area contributed by atoms with Gasteiger partial charge in [0.15, 0.2) is 0 Å². The molecule has 2 aromatic rings. The predicted octanol–water partition coefficient (Wildman–Crippen LogP) is 2.05. The van der Waals surface area contributed by atoms with Gasteiger partial charge >= 0.3 is 5.97 Å². The number of hydrogen-bond acceptors (Lipinski definition) is 5. The van der Waals surface area contributed by atoms with E-state index in [9.17, 15) is 13.2 Å². The lowest BCUT2D eigenvalue weighted by molar-refractivity contribution is 0.0702. The van der Waals surface area contributed by atoms with Gasteiger partial charge in [-0.1, -0.05) is 6.92 Å². The molecule has 0 saturated heterocycles. The second-order valence-electron chi connectivity index (χ2n) is 4.21. The molecule has 6 nitrogen and oxygen atoms in total. The van der Waals surface area contributed by atoms with Gasteiger partial charge < -0.3 is 5.11 Å². The van der Waals surface area contributed by atoms with Crippen LogP contribution in [0.4, 0.5) is 0 Å². The van der Waals surface area contributed by atoms with E-state index in [1.165, 1.54) is 16.4 Å². The van der Waals surface area contributed by atoms with E-state index in [0.717, 1.165) is 16.9 Å². The number of aromatic carboxylic acids is 1. The summed E-state index contributed by atoms with van der Waals surface area (Å²) < 4.78 is 26.4. The highest BCUT2D eigenvalue weighted by molar-refractivity contribution is 7.91. The number of sulfonamides is 1. The Balaban J connectivity index is 2.28. The molecule has 0 radical (unpaired) electrons. The summed E-state index contributed by atoms with van der Waals surface area (Å²) in [5.41, 5.74) is 0.824. The van der Waals surface area contributed by atoms with Crippen LogP contribution in [0.2, 0.25) is 0 Å². The first-order chi connectivity index (χ1) is 9.95. The van der Waals surface area contributed by atoms with E-state index in [0.29, 0.717) is 6.54 Å². The minimum absolute atomic E-state index is 0.00791. The summed E-state index contributed by atoms with van der Waals surface area (Å²) in [5, 5.41) is 8.89. The molecule has 0 aliphatic carbocycles. The van der Waals surface area contributed by atoms with Gasteiger partial charge in [0.1, 0.15) is 9.09 Å². The van der Waals surface area contributed by atoms with Crippen molar-refractivity contribution in [2.75, 3.05) is 6.54 Å². The Morgan fingerprint density at radius 2 is 1.95 bits per heavy atom. The zero-order chi connectivity index (χ0) is 15.5. The fourth-order valence-corrected chi connectivity index (χ4v) is 4.50. The molecule has 1 N–H and O–H groups in total. The molecule has 0 aliphatic rings. The molecule has 0 saturated carbocycles. The van der Waals surface area contributed by atoms with E-state index >= 15 is 0 Å². The topological polar surface area (TPSA) is 87.6 Å². The number of rotatable bonds is 6. The van der Waals surface area contributed by atoms with Crippen molar-refractivity contribution in [2.45, 2.75) is 17.7 Å². The van der Waals surface area contributed by atoms with Gasteiger partial charge in [-0.3, -0.25) is 4.98 Å². The first-order valence-corrected chi connectivity index (χ1v) is 8.43. The number of nitrogens with zero attached hydrogens (tertiary/aromatic N) is 2. The van der Waals surface area contributed by atoms with Crippen molar-refractivity contribution >= 4 is 27.3 Å². The van der Waals surface area contributed by atoms with Crippen LogP contribution in [0, 0.1) is 0 Å². The molecular formula is C13H14N2O4S2. The maximum atomic E-state index is 12.5. The summed E-state index contributed by atoms with van der Waals surface area (Å²) in [6.45, 7) is 2.26. The van der Waals surface area contributed by atoms with Gasteiger partial charge in [-0.25, -0.2) is 13.2 Å². The molecule has 2 heterocycles. The van der Waals surface area contributed by atoms with Crippen LogP contribution in [-0.2, 0) is 16.6 Å². The quantitative estimate of drug-likeness (QED) is 0.878. The summed E-state index contributed by atoms with van der Waals surface area (Å²) in [5.74, 6) is -1.13. The van der Waals surface area contributed by atoms with E-state index in [1.54, 1.807) is 31.5 Å². The normalized spacial score (nSPS) is 11.7. The van der Waals surface area contributed by atoms with Gasteiger partial charge in [0.25, 0.3) is 10.0 Å². The zero-order valence-electron chi connectivity index (χ0n) is 11.3. The van der Waals surface area contributed by atoms with E-state index < -0.39 is 16.0 Å². The van der Waals surface area contributed by atoms with Crippen LogP contribution in [0.15, 0.2) is 40.9 Å². The third kappa shape index (κ3) is 3.46. The molecule has 8 heteroatoms. The Morgan fingerprint density at radius 3 is 2.48 bits per heavy atom. The van der Waals surface area contributed by atoms with Crippen LogP contribution < -0.4 is 0 Å². The van der Waals surface area contributed by atoms with Crippen LogP contribution in [0.25, 0.3) is 0 Å². The molecule has 0 unspecified atom stereocenters. The molecule has 0 aliphatic heterocycles. The summed E-state index contributed by atoms with van der Waals surface area (Å²) in [7, 11) is -3.69. The molecule has 0 aromatic carbocycles. The van der Waals surface area contributed by atoms with Crippen LogP contribution in [0.5, 0.6) is 0 Å². The van der Waals surface area contributed by atoms with E-state index in [4.69, 9.17) is 5.11 Å². The van der Waals surface area contributed by atoms with Crippen LogP contribution in [-0.4, -0.2) is 35.3 Å². The van der Waals surface area contributed by atoms with Gasteiger partial charge in [0, 0.05) is 25.5 Å². The number of aromatic nitrogens is 1. The smallest absolute Gasteiger partial charge is 0.345 e. The number of carboxylic acid groups (broad SMARTS) is 1. The maximum Gasteiger partial charge on any atom is 0.345 e. The molecule has 2 rings (SSSR count). The standard InChI is InChI=1S/C13H14N2O4S2/c1-2-15(9-10-5-7-14-8-6-10)21(18,19)12-4-3-11(20-12)13(16)17/h3-8H,2,9H2,1H3,(H,16,17). The lowest BCUT2D eigenvalue weighted by Gasteiger charge is -2.19. The molecule has 0 fully saturated rings. The number of thiophene rings is 1. The third-order valence-electron chi connectivity index (χ3n) is 2.85. The van der Waals surface area contributed by atoms with Crippen LogP contribution in [0.3, 0.4) is 0 Å². The Hall–Kier alpha value is -1.77. The van der Waals surface area contributed by atoms with Crippen molar-refractivity contribution in [1.82, 2.24) is 9.29 Å². The number of pyridine rings is 1. The van der Waals surface area contributed by atoms with Crippen molar-refractivity contribution < 1.29 is 18.3 Å². The summed E-state index contributed by atoms with van der Waals surface area (Å²) in [6, 6.07) is 6.13. The maximum absolute atomic E-state index is 12.5.